The molecule has 2 aromatic rings. The summed E-state index contributed by atoms with van der Waals surface area (Å²) in [5, 5.41) is 0.261. The second kappa shape index (κ2) is 5.65. The van der Waals surface area contributed by atoms with Gasteiger partial charge in [-0.25, -0.2) is 0 Å². The standard InChI is InChI=1S/C14H14ClIN4/c1-3-16-12-5-4-11(8-10(12)9-18-16)20(2)13-6-7-17-14(15)19-13/h4-9H,3H2,1-2H3. The van der Waals surface area contributed by atoms with Gasteiger partial charge in [0, 0.05) is 0 Å². The van der Waals surface area contributed by atoms with Crippen molar-refractivity contribution in [3.05, 3.63) is 44.9 Å². The Hall–Kier alpha value is -1.21. The Morgan fingerprint density at radius 2 is 2.15 bits per heavy atom. The summed E-state index contributed by atoms with van der Waals surface area (Å²) in [6.07, 6.45) is 3.69. The fourth-order valence-electron chi connectivity index (χ4n) is 2.06. The number of anilines is 2. The number of fused-ring (bicyclic) bond motifs is 1. The molecule has 0 atom stereocenters. The number of nitrogens with zero attached hydrogens (tertiary/aromatic N) is 4. The zero-order valence-electron chi connectivity index (χ0n) is 11.2. The van der Waals surface area contributed by atoms with Crippen LogP contribution in [-0.2, 0) is 0 Å². The van der Waals surface area contributed by atoms with Gasteiger partial charge in [-0.2, -0.15) is 0 Å². The molecule has 0 N–H and O–H groups in total. The molecule has 0 radical (unpaired) electrons. The molecule has 1 aliphatic heterocycles. The van der Waals surface area contributed by atoms with Crippen LogP contribution < -0.4 is 4.90 Å². The first-order chi connectivity index (χ1) is 9.69. The van der Waals surface area contributed by atoms with Gasteiger partial charge in [0.25, 0.3) is 0 Å². The molecule has 6 heteroatoms. The van der Waals surface area contributed by atoms with Crippen LogP contribution in [0.4, 0.5) is 11.5 Å². The molecule has 1 aromatic heterocycles. The van der Waals surface area contributed by atoms with E-state index in [0.717, 1.165) is 11.5 Å². The van der Waals surface area contributed by atoms with Crippen molar-refractivity contribution in [1.82, 2.24) is 9.97 Å². The van der Waals surface area contributed by atoms with Crippen molar-refractivity contribution >= 4 is 49.4 Å². The van der Waals surface area contributed by atoms with Crippen molar-refractivity contribution in [2.75, 3.05) is 16.4 Å². The van der Waals surface area contributed by atoms with Crippen LogP contribution in [0, 0.1) is 3.57 Å². The van der Waals surface area contributed by atoms with E-state index in [4.69, 9.17) is 11.6 Å². The van der Waals surface area contributed by atoms with Gasteiger partial charge in [0.05, 0.1) is 0 Å². The van der Waals surface area contributed by atoms with Crippen LogP contribution in [0.1, 0.15) is 12.5 Å². The van der Waals surface area contributed by atoms with Gasteiger partial charge in [-0.1, -0.05) is 0 Å². The minimum atomic E-state index is -1.27. The maximum atomic E-state index is 5.84. The second-order valence-corrected chi connectivity index (χ2v) is 9.79. The molecule has 0 saturated carbocycles. The maximum absolute atomic E-state index is 5.84. The van der Waals surface area contributed by atoms with Crippen LogP contribution in [0.25, 0.3) is 0 Å². The van der Waals surface area contributed by atoms with E-state index in [1.807, 2.05) is 24.2 Å². The molecule has 1 aliphatic rings. The Labute approximate surface area is 130 Å². The molecule has 0 spiro atoms. The molecule has 0 aliphatic carbocycles. The van der Waals surface area contributed by atoms with Gasteiger partial charge < -0.3 is 0 Å². The summed E-state index contributed by atoms with van der Waals surface area (Å²) in [5.41, 5.74) is 2.33. The third-order valence-corrected chi connectivity index (χ3v) is 8.02. The topological polar surface area (TPSA) is 41.4 Å². The summed E-state index contributed by atoms with van der Waals surface area (Å²) < 4.78 is 7.31. The normalized spacial score (nSPS) is 14.4. The molecular weight excluding hydrogens is 387 g/mol. The molecule has 0 bridgehead atoms. The van der Waals surface area contributed by atoms with Crippen LogP contribution >= 0.6 is 31.7 Å². The van der Waals surface area contributed by atoms with Gasteiger partial charge >= 0.3 is 131 Å². The zero-order chi connectivity index (χ0) is 14.1. The molecule has 0 unspecified atom stereocenters. The number of halogens is 2. The summed E-state index contributed by atoms with van der Waals surface area (Å²) in [6, 6.07) is 8.36. The van der Waals surface area contributed by atoms with E-state index in [1.165, 1.54) is 13.6 Å². The minimum absolute atomic E-state index is 0.261. The summed E-state index contributed by atoms with van der Waals surface area (Å²) in [5.74, 6) is 0.783. The second-order valence-electron chi connectivity index (χ2n) is 4.28. The predicted molar refractivity (Wildman–Crippen MR) is 92.4 cm³/mol. The fraction of sp³-hybridized carbons (Fsp3) is 0.214. The van der Waals surface area contributed by atoms with Crippen LogP contribution in [0.15, 0.2) is 33.7 Å². The van der Waals surface area contributed by atoms with Gasteiger partial charge in [0.1, 0.15) is 0 Å². The molecule has 3 rings (SSSR count). The van der Waals surface area contributed by atoms with Crippen molar-refractivity contribution in [3.8, 4) is 0 Å². The van der Waals surface area contributed by atoms with Crippen LogP contribution in [0.3, 0.4) is 0 Å². The molecule has 104 valence electrons. The number of alkyl halides is 1. The van der Waals surface area contributed by atoms with Crippen molar-refractivity contribution in [2.24, 2.45) is 3.21 Å². The Bertz CT molecular complexity index is 674. The first-order valence-corrected chi connectivity index (χ1v) is 10.2. The molecule has 0 amide bonds. The Balaban J connectivity index is 1.94. The Morgan fingerprint density at radius 1 is 1.30 bits per heavy atom. The average molecular weight is 401 g/mol. The average Bonchev–Trinajstić information content (AvgIpc) is 2.88. The van der Waals surface area contributed by atoms with Gasteiger partial charge in [0.2, 0.25) is 0 Å². The molecule has 0 saturated heterocycles. The molecule has 2 heterocycles. The molecule has 4 nitrogen and oxygen atoms in total. The molecule has 1 aromatic carbocycles. The van der Waals surface area contributed by atoms with E-state index >= 15 is 0 Å². The monoisotopic (exact) mass is 400 g/mol. The van der Waals surface area contributed by atoms with Gasteiger partial charge in [-0.3, -0.25) is 0 Å². The third-order valence-electron chi connectivity index (χ3n) is 3.12. The fourth-order valence-corrected chi connectivity index (χ4v) is 5.96. The van der Waals surface area contributed by atoms with Crippen molar-refractivity contribution in [3.63, 3.8) is 0 Å². The molecule has 0 fully saturated rings. The summed E-state index contributed by atoms with van der Waals surface area (Å²) in [6.45, 7) is 2.22. The van der Waals surface area contributed by atoms with E-state index in [1.54, 1.807) is 6.20 Å². The SMILES string of the molecule is CCI1N=Cc2cc(N(C)c3ccnc(Cl)n3)ccc21. The van der Waals surface area contributed by atoms with Gasteiger partial charge in [0.15, 0.2) is 0 Å². The molecule has 20 heavy (non-hydrogen) atoms. The number of aromatic nitrogens is 2. The molecular formula is C14H14ClIN4. The van der Waals surface area contributed by atoms with Crippen LogP contribution in [-0.4, -0.2) is 27.7 Å². The van der Waals surface area contributed by atoms with Crippen LogP contribution in [0.5, 0.6) is 0 Å². The van der Waals surface area contributed by atoms with Crippen LogP contribution in [0.2, 0.25) is 5.28 Å². The number of hydrogen-bond donors (Lipinski definition) is 0. The first-order valence-electron chi connectivity index (χ1n) is 6.25. The number of hydrogen-bond acceptors (Lipinski definition) is 4. The van der Waals surface area contributed by atoms with Crippen molar-refractivity contribution < 1.29 is 0 Å². The summed E-state index contributed by atoms with van der Waals surface area (Å²) in [7, 11) is 1.97. The first kappa shape index (κ1) is 13.8. The Kier molecular flexibility index (Phi) is 3.89. The predicted octanol–water partition coefficient (Wildman–Crippen LogP) is 3.94. The van der Waals surface area contributed by atoms with Gasteiger partial charge in [-0.15, -0.1) is 0 Å². The Morgan fingerprint density at radius 3 is 2.90 bits per heavy atom. The number of benzene rings is 1. The quantitative estimate of drug-likeness (QED) is 0.445. The summed E-state index contributed by atoms with van der Waals surface area (Å²) in [4.78, 5) is 10.1. The number of rotatable bonds is 3. The van der Waals surface area contributed by atoms with E-state index in [9.17, 15) is 0 Å². The van der Waals surface area contributed by atoms with E-state index in [2.05, 4.69) is 38.3 Å². The third kappa shape index (κ3) is 2.52. The van der Waals surface area contributed by atoms with Crippen molar-refractivity contribution in [2.45, 2.75) is 6.92 Å². The van der Waals surface area contributed by atoms with Crippen molar-refractivity contribution in [1.29, 1.82) is 0 Å². The van der Waals surface area contributed by atoms with E-state index < -0.39 is 20.1 Å². The summed E-state index contributed by atoms with van der Waals surface area (Å²) >= 11 is 4.58. The van der Waals surface area contributed by atoms with E-state index in [0.29, 0.717) is 0 Å². The van der Waals surface area contributed by atoms with E-state index in [-0.39, 0.29) is 5.28 Å². The zero-order valence-corrected chi connectivity index (χ0v) is 14.1. The van der Waals surface area contributed by atoms with Gasteiger partial charge in [-0.05, 0) is 0 Å².